The van der Waals surface area contributed by atoms with Gasteiger partial charge < -0.3 is 5.73 Å². The summed E-state index contributed by atoms with van der Waals surface area (Å²) in [4.78, 5) is 12.2. The first-order chi connectivity index (χ1) is 9.77. The lowest BCUT2D eigenvalue weighted by Gasteiger charge is -2.30. The fraction of sp³-hybridized carbons (Fsp3) is 0.765. The summed E-state index contributed by atoms with van der Waals surface area (Å²) in [6.45, 7) is 9.46. The maximum atomic E-state index is 12.2. The second kappa shape index (κ2) is 7.74. The van der Waals surface area contributed by atoms with Crippen molar-refractivity contribution >= 4 is 5.78 Å². The molecule has 0 amide bonds. The van der Waals surface area contributed by atoms with E-state index in [1.54, 1.807) is 0 Å². The summed E-state index contributed by atoms with van der Waals surface area (Å²) in [5.41, 5.74) is 7.98. The molecule has 0 radical (unpaired) electrons. The van der Waals surface area contributed by atoms with Gasteiger partial charge in [-0.05, 0) is 43.2 Å². The zero-order valence-electron chi connectivity index (χ0n) is 14.3. The molecular formula is C17H31N3O. The Morgan fingerprint density at radius 1 is 1.38 bits per heavy atom. The lowest BCUT2D eigenvalue weighted by molar-refractivity contribution is -0.119. The predicted molar refractivity (Wildman–Crippen MR) is 87.1 cm³/mol. The quantitative estimate of drug-likeness (QED) is 0.801. The molecule has 0 saturated carbocycles. The van der Waals surface area contributed by atoms with Gasteiger partial charge in [0.1, 0.15) is 5.78 Å². The number of aromatic nitrogens is 2. The molecule has 1 atom stereocenters. The molecule has 0 bridgehead atoms. The van der Waals surface area contributed by atoms with Crippen molar-refractivity contribution in [1.29, 1.82) is 0 Å². The van der Waals surface area contributed by atoms with Crippen molar-refractivity contribution in [2.24, 2.45) is 24.1 Å². The van der Waals surface area contributed by atoms with Crippen molar-refractivity contribution in [2.75, 3.05) is 6.54 Å². The van der Waals surface area contributed by atoms with Crippen molar-refractivity contribution < 1.29 is 4.79 Å². The van der Waals surface area contributed by atoms with Crippen molar-refractivity contribution in [2.45, 2.75) is 59.8 Å². The Hall–Kier alpha value is -1.16. The van der Waals surface area contributed by atoms with Crippen LogP contribution in [0.15, 0.2) is 6.07 Å². The largest absolute Gasteiger partial charge is 0.330 e. The number of Topliss-reactive ketones (excluding diaryl/α,β-unsaturated/α-hetero) is 1. The Morgan fingerprint density at radius 2 is 2.05 bits per heavy atom. The molecule has 0 aromatic carbocycles. The number of hydrogen-bond donors (Lipinski definition) is 1. The molecular weight excluding hydrogens is 262 g/mol. The van der Waals surface area contributed by atoms with Gasteiger partial charge in [0.2, 0.25) is 0 Å². The number of nitrogens with two attached hydrogens (primary N) is 1. The van der Waals surface area contributed by atoms with Crippen molar-refractivity contribution in [1.82, 2.24) is 9.78 Å². The Balaban J connectivity index is 2.54. The second-order valence-corrected chi connectivity index (χ2v) is 7.00. The zero-order valence-corrected chi connectivity index (χ0v) is 14.3. The highest BCUT2D eigenvalue weighted by Gasteiger charge is 2.24. The molecule has 0 fully saturated rings. The Kier molecular flexibility index (Phi) is 6.59. The van der Waals surface area contributed by atoms with E-state index in [-0.39, 0.29) is 5.41 Å². The fourth-order valence-electron chi connectivity index (χ4n) is 2.75. The molecule has 0 aliphatic heterocycles. The van der Waals surface area contributed by atoms with Crippen molar-refractivity contribution in [3.63, 3.8) is 0 Å². The predicted octanol–water partition coefficient (Wildman–Crippen LogP) is 2.89. The molecule has 0 aliphatic carbocycles. The molecule has 4 heteroatoms. The van der Waals surface area contributed by atoms with Gasteiger partial charge in [-0.3, -0.25) is 9.48 Å². The van der Waals surface area contributed by atoms with Gasteiger partial charge in [0.25, 0.3) is 0 Å². The van der Waals surface area contributed by atoms with E-state index in [1.165, 1.54) is 0 Å². The Morgan fingerprint density at radius 3 is 2.52 bits per heavy atom. The minimum Gasteiger partial charge on any atom is -0.330 e. The summed E-state index contributed by atoms with van der Waals surface area (Å²) in [7, 11) is 1.91. The minimum absolute atomic E-state index is 0.210. The summed E-state index contributed by atoms with van der Waals surface area (Å²) in [5.74, 6) is 0.802. The van der Waals surface area contributed by atoms with Crippen LogP contribution in [-0.2, 0) is 24.7 Å². The van der Waals surface area contributed by atoms with E-state index in [0.717, 1.165) is 30.7 Å². The first kappa shape index (κ1) is 17.9. The van der Waals surface area contributed by atoms with Crippen LogP contribution in [0.5, 0.6) is 0 Å². The summed E-state index contributed by atoms with van der Waals surface area (Å²) < 4.78 is 1.83. The maximum Gasteiger partial charge on any atom is 0.138 e. The van der Waals surface area contributed by atoms with Crippen molar-refractivity contribution in [3.05, 3.63) is 17.5 Å². The third-order valence-corrected chi connectivity index (χ3v) is 4.28. The molecule has 21 heavy (non-hydrogen) atoms. The molecule has 4 nitrogen and oxygen atoms in total. The van der Waals surface area contributed by atoms with Crippen LogP contribution in [-0.4, -0.2) is 22.1 Å². The smallest absolute Gasteiger partial charge is 0.138 e. The summed E-state index contributed by atoms with van der Waals surface area (Å²) in [5, 5.41) is 4.39. The highest BCUT2D eigenvalue weighted by Crippen LogP contribution is 2.32. The van der Waals surface area contributed by atoms with Crippen LogP contribution in [0.1, 0.15) is 58.3 Å². The first-order valence-electron chi connectivity index (χ1n) is 8.01. The average Bonchev–Trinajstić information content (AvgIpc) is 2.74. The molecule has 2 N–H and O–H groups in total. The minimum atomic E-state index is 0.210. The summed E-state index contributed by atoms with van der Waals surface area (Å²) >= 11 is 0. The standard InChI is InChI=1S/C17H31N3O/c1-6-14-11-15(20(5)19-14)12-16(21)8-7-13(9-10-18)17(2,3)4/h11,13H,6-10,12,18H2,1-5H3. The number of nitrogens with zero attached hydrogens (tertiary/aromatic N) is 2. The van der Waals surface area contributed by atoms with Crippen LogP contribution >= 0.6 is 0 Å². The SMILES string of the molecule is CCc1cc(CC(=O)CCC(CCN)C(C)(C)C)n(C)n1. The topological polar surface area (TPSA) is 60.9 Å². The third-order valence-electron chi connectivity index (χ3n) is 4.28. The van der Waals surface area contributed by atoms with E-state index >= 15 is 0 Å². The van der Waals surface area contributed by atoms with Crippen LogP contribution in [0.4, 0.5) is 0 Å². The molecule has 1 aromatic rings. The summed E-state index contributed by atoms with van der Waals surface area (Å²) in [6.07, 6.45) is 3.95. The van der Waals surface area contributed by atoms with Gasteiger partial charge in [-0.15, -0.1) is 0 Å². The van der Waals surface area contributed by atoms with Gasteiger partial charge in [0, 0.05) is 25.6 Å². The Bertz CT molecular complexity index is 457. The maximum absolute atomic E-state index is 12.2. The van der Waals surface area contributed by atoms with Crippen LogP contribution in [0.25, 0.3) is 0 Å². The van der Waals surface area contributed by atoms with E-state index in [2.05, 4.69) is 32.8 Å². The number of carbonyl (C=O) groups is 1. The zero-order chi connectivity index (χ0) is 16.0. The monoisotopic (exact) mass is 293 g/mol. The number of aryl methyl sites for hydroxylation is 2. The van der Waals surface area contributed by atoms with Gasteiger partial charge in [-0.1, -0.05) is 27.7 Å². The van der Waals surface area contributed by atoms with Gasteiger partial charge in [0.15, 0.2) is 0 Å². The highest BCUT2D eigenvalue weighted by atomic mass is 16.1. The Labute approximate surface area is 129 Å². The molecule has 1 rings (SSSR count). The molecule has 0 saturated heterocycles. The molecule has 1 aromatic heterocycles. The van der Waals surface area contributed by atoms with Crippen LogP contribution in [0.3, 0.4) is 0 Å². The summed E-state index contributed by atoms with van der Waals surface area (Å²) in [6, 6.07) is 2.04. The van der Waals surface area contributed by atoms with Crippen molar-refractivity contribution in [3.8, 4) is 0 Å². The number of ketones is 1. The number of hydrogen-bond acceptors (Lipinski definition) is 3. The van der Waals surface area contributed by atoms with Gasteiger partial charge >= 0.3 is 0 Å². The highest BCUT2D eigenvalue weighted by molar-refractivity contribution is 5.80. The van der Waals surface area contributed by atoms with Crippen LogP contribution in [0.2, 0.25) is 0 Å². The lowest BCUT2D eigenvalue weighted by atomic mass is 9.76. The van der Waals surface area contributed by atoms with E-state index in [0.29, 0.717) is 31.1 Å². The van der Waals surface area contributed by atoms with E-state index < -0.39 is 0 Å². The molecule has 1 heterocycles. The second-order valence-electron chi connectivity index (χ2n) is 7.00. The van der Waals surface area contributed by atoms with E-state index in [9.17, 15) is 4.79 Å². The molecule has 0 spiro atoms. The van der Waals surface area contributed by atoms with Crippen LogP contribution < -0.4 is 5.73 Å². The van der Waals surface area contributed by atoms with Gasteiger partial charge in [0.05, 0.1) is 5.69 Å². The van der Waals surface area contributed by atoms with E-state index in [1.807, 2.05) is 17.8 Å². The van der Waals surface area contributed by atoms with Crippen LogP contribution in [0, 0.1) is 11.3 Å². The molecule has 120 valence electrons. The number of rotatable bonds is 8. The number of carbonyl (C=O) groups excluding carboxylic acids is 1. The third kappa shape index (κ3) is 5.62. The first-order valence-corrected chi connectivity index (χ1v) is 8.01. The van der Waals surface area contributed by atoms with Gasteiger partial charge in [-0.2, -0.15) is 5.10 Å². The average molecular weight is 293 g/mol. The molecule has 0 aliphatic rings. The van der Waals surface area contributed by atoms with Gasteiger partial charge in [-0.25, -0.2) is 0 Å². The normalized spacial score (nSPS) is 13.4. The van der Waals surface area contributed by atoms with E-state index in [4.69, 9.17) is 5.73 Å². The lowest BCUT2D eigenvalue weighted by Crippen LogP contribution is -2.24. The molecule has 1 unspecified atom stereocenters. The fourth-order valence-corrected chi connectivity index (χ4v) is 2.75.